The number of anilines is 1. The molecule has 24 heavy (non-hydrogen) atoms. The van der Waals surface area contributed by atoms with Gasteiger partial charge in [0.15, 0.2) is 11.5 Å². The van der Waals surface area contributed by atoms with E-state index in [-0.39, 0.29) is 18.3 Å². The summed E-state index contributed by atoms with van der Waals surface area (Å²) in [5.41, 5.74) is 0.595. The highest BCUT2D eigenvalue weighted by molar-refractivity contribution is 6.34. The summed E-state index contributed by atoms with van der Waals surface area (Å²) < 4.78 is 11.0. The van der Waals surface area contributed by atoms with Gasteiger partial charge in [0.25, 0.3) is 0 Å². The van der Waals surface area contributed by atoms with Gasteiger partial charge in [-0.25, -0.2) is 0 Å². The first-order chi connectivity index (χ1) is 11.2. The number of fused-ring (bicyclic) bond motifs is 3. The van der Waals surface area contributed by atoms with Crippen molar-refractivity contribution in [2.24, 2.45) is 5.92 Å². The molecule has 1 amide bonds. The van der Waals surface area contributed by atoms with Crippen LogP contribution in [0, 0.1) is 5.92 Å². The van der Waals surface area contributed by atoms with E-state index in [0.29, 0.717) is 59.8 Å². The third kappa shape index (κ3) is 3.73. The standard InChI is InChI=1S/C17H21ClN2O3.ClH/c18-13-8-15-16(23-4-3-22-15)9-14(13)20-17(21)7-10-5-11-1-2-12(6-10)19-11;/h8-12,19H,1-7H2,(H,20,21);1H. The van der Waals surface area contributed by atoms with Crippen molar-refractivity contribution in [2.75, 3.05) is 18.5 Å². The van der Waals surface area contributed by atoms with Crippen LogP contribution < -0.4 is 20.1 Å². The van der Waals surface area contributed by atoms with E-state index in [1.54, 1.807) is 12.1 Å². The minimum Gasteiger partial charge on any atom is -0.486 e. The number of amides is 1. The van der Waals surface area contributed by atoms with Gasteiger partial charge >= 0.3 is 0 Å². The summed E-state index contributed by atoms with van der Waals surface area (Å²) in [6.07, 6.45) is 5.24. The van der Waals surface area contributed by atoms with Crippen molar-refractivity contribution < 1.29 is 14.3 Å². The lowest BCUT2D eigenvalue weighted by molar-refractivity contribution is -0.117. The number of carbonyl (C=O) groups excluding carboxylic acids is 1. The molecule has 3 aliphatic heterocycles. The molecular formula is C17H22Cl2N2O3. The molecule has 0 spiro atoms. The molecule has 2 atom stereocenters. The van der Waals surface area contributed by atoms with Crippen LogP contribution in [-0.2, 0) is 4.79 Å². The highest BCUT2D eigenvalue weighted by Gasteiger charge is 2.34. The second kappa shape index (κ2) is 7.38. The Bertz CT molecular complexity index is 614. The van der Waals surface area contributed by atoms with E-state index in [0.717, 1.165) is 12.8 Å². The first-order valence-electron chi connectivity index (χ1n) is 8.32. The second-order valence-corrected chi connectivity index (χ2v) is 7.11. The quantitative estimate of drug-likeness (QED) is 0.853. The first kappa shape index (κ1) is 17.6. The van der Waals surface area contributed by atoms with Crippen molar-refractivity contribution in [2.45, 2.75) is 44.2 Å². The Morgan fingerprint density at radius 3 is 2.46 bits per heavy atom. The molecule has 7 heteroatoms. The topological polar surface area (TPSA) is 59.6 Å². The Labute approximate surface area is 152 Å². The molecular weight excluding hydrogens is 351 g/mol. The minimum atomic E-state index is 0. The van der Waals surface area contributed by atoms with Gasteiger partial charge in [0.2, 0.25) is 5.91 Å². The summed E-state index contributed by atoms with van der Waals surface area (Å²) in [7, 11) is 0. The molecule has 3 aliphatic rings. The van der Waals surface area contributed by atoms with Crippen molar-refractivity contribution in [3.05, 3.63) is 17.2 Å². The van der Waals surface area contributed by atoms with Gasteiger partial charge in [-0.1, -0.05) is 11.6 Å². The van der Waals surface area contributed by atoms with Gasteiger partial charge in [-0.05, 0) is 31.6 Å². The number of hydrogen-bond donors (Lipinski definition) is 2. The van der Waals surface area contributed by atoms with Crippen molar-refractivity contribution in [3.8, 4) is 11.5 Å². The number of piperidine rings is 1. The van der Waals surface area contributed by atoms with Gasteiger partial charge < -0.3 is 20.1 Å². The zero-order valence-electron chi connectivity index (χ0n) is 13.3. The Hall–Kier alpha value is -1.17. The number of carbonyl (C=O) groups is 1. The molecule has 0 aromatic heterocycles. The van der Waals surface area contributed by atoms with Gasteiger partial charge in [-0.2, -0.15) is 0 Å². The number of benzene rings is 1. The maximum atomic E-state index is 12.4. The maximum absolute atomic E-state index is 12.4. The van der Waals surface area contributed by atoms with Crippen LogP contribution in [0.15, 0.2) is 12.1 Å². The van der Waals surface area contributed by atoms with Gasteiger partial charge in [0.05, 0.1) is 10.7 Å². The van der Waals surface area contributed by atoms with Crippen LogP contribution in [-0.4, -0.2) is 31.2 Å². The maximum Gasteiger partial charge on any atom is 0.224 e. The molecule has 1 aromatic rings. The number of nitrogens with one attached hydrogen (secondary N) is 2. The molecule has 5 nitrogen and oxygen atoms in total. The van der Waals surface area contributed by atoms with Crippen LogP contribution in [0.4, 0.5) is 5.69 Å². The van der Waals surface area contributed by atoms with E-state index in [2.05, 4.69) is 10.6 Å². The Balaban J connectivity index is 0.00000169. The van der Waals surface area contributed by atoms with Crippen LogP contribution in [0.2, 0.25) is 5.02 Å². The van der Waals surface area contributed by atoms with Crippen molar-refractivity contribution in [3.63, 3.8) is 0 Å². The number of ether oxygens (including phenoxy) is 2. The fraction of sp³-hybridized carbons (Fsp3) is 0.588. The normalized spacial score (nSPS) is 27.3. The zero-order chi connectivity index (χ0) is 15.8. The Kier molecular flexibility index (Phi) is 5.42. The monoisotopic (exact) mass is 372 g/mol. The van der Waals surface area contributed by atoms with E-state index in [4.69, 9.17) is 21.1 Å². The van der Waals surface area contributed by atoms with Gasteiger partial charge in [-0.15, -0.1) is 12.4 Å². The molecule has 3 heterocycles. The fourth-order valence-corrected chi connectivity index (χ4v) is 4.17. The molecule has 132 valence electrons. The Morgan fingerprint density at radius 1 is 1.17 bits per heavy atom. The average molecular weight is 373 g/mol. The van der Waals surface area contributed by atoms with Crippen molar-refractivity contribution in [1.82, 2.24) is 5.32 Å². The predicted octanol–water partition coefficient (Wildman–Crippen LogP) is 3.39. The summed E-state index contributed by atoms with van der Waals surface area (Å²) in [6.45, 7) is 1.03. The molecule has 0 saturated carbocycles. The van der Waals surface area contributed by atoms with E-state index < -0.39 is 0 Å². The van der Waals surface area contributed by atoms with Crippen LogP contribution in [0.5, 0.6) is 11.5 Å². The molecule has 4 rings (SSSR count). The van der Waals surface area contributed by atoms with Gasteiger partial charge in [0, 0.05) is 30.6 Å². The lowest BCUT2D eigenvalue weighted by Crippen LogP contribution is -2.39. The Morgan fingerprint density at radius 2 is 1.79 bits per heavy atom. The zero-order valence-corrected chi connectivity index (χ0v) is 14.9. The third-order valence-corrected chi connectivity index (χ3v) is 5.26. The molecule has 1 aromatic carbocycles. The SMILES string of the molecule is Cl.O=C(CC1CC2CCC(C1)N2)Nc1cc2c(cc1Cl)OCCO2. The summed E-state index contributed by atoms with van der Waals surface area (Å²) >= 11 is 6.24. The van der Waals surface area contributed by atoms with E-state index in [1.165, 1.54) is 12.8 Å². The number of halogens is 2. The van der Waals surface area contributed by atoms with Crippen LogP contribution in [0.1, 0.15) is 32.1 Å². The van der Waals surface area contributed by atoms with Gasteiger partial charge in [0.1, 0.15) is 13.2 Å². The number of rotatable bonds is 3. The summed E-state index contributed by atoms with van der Waals surface area (Å²) in [4.78, 5) is 12.4. The molecule has 2 bridgehead atoms. The fourth-order valence-electron chi connectivity index (χ4n) is 3.96. The number of hydrogen-bond acceptors (Lipinski definition) is 4. The van der Waals surface area contributed by atoms with E-state index in [1.807, 2.05) is 0 Å². The highest BCUT2D eigenvalue weighted by atomic mass is 35.5. The molecule has 2 N–H and O–H groups in total. The molecule has 2 saturated heterocycles. The molecule has 2 unspecified atom stereocenters. The first-order valence-corrected chi connectivity index (χ1v) is 8.70. The van der Waals surface area contributed by atoms with Crippen molar-refractivity contribution in [1.29, 1.82) is 0 Å². The smallest absolute Gasteiger partial charge is 0.224 e. The summed E-state index contributed by atoms with van der Waals surface area (Å²) in [6, 6.07) is 4.66. The van der Waals surface area contributed by atoms with Gasteiger partial charge in [-0.3, -0.25) is 4.79 Å². The predicted molar refractivity (Wildman–Crippen MR) is 95.6 cm³/mol. The summed E-state index contributed by atoms with van der Waals surface area (Å²) in [5, 5.41) is 7.01. The van der Waals surface area contributed by atoms with Crippen molar-refractivity contribution >= 4 is 35.6 Å². The minimum absolute atomic E-state index is 0. The third-order valence-electron chi connectivity index (χ3n) is 4.95. The second-order valence-electron chi connectivity index (χ2n) is 6.70. The average Bonchev–Trinajstić information content (AvgIpc) is 2.87. The summed E-state index contributed by atoms with van der Waals surface area (Å²) in [5.74, 6) is 1.75. The van der Waals surface area contributed by atoms with E-state index in [9.17, 15) is 4.79 Å². The lowest BCUT2D eigenvalue weighted by Gasteiger charge is -2.28. The van der Waals surface area contributed by atoms with Crippen LogP contribution in [0.3, 0.4) is 0 Å². The molecule has 0 radical (unpaired) electrons. The molecule has 0 aliphatic carbocycles. The molecule has 2 fully saturated rings. The largest absolute Gasteiger partial charge is 0.486 e. The highest BCUT2D eigenvalue weighted by Crippen LogP contribution is 2.38. The van der Waals surface area contributed by atoms with Crippen LogP contribution in [0.25, 0.3) is 0 Å². The lowest BCUT2D eigenvalue weighted by atomic mass is 9.89. The van der Waals surface area contributed by atoms with E-state index >= 15 is 0 Å². The van der Waals surface area contributed by atoms with Crippen LogP contribution >= 0.6 is 24.0 Å².